The number of fused-ring (bicyclic) bond motifs is 10. The maximum Gasteiger partial charge on any atom is 0.312 e. The lowest BCUT2D eigenvalue weighted by atomic mass is 9.78. The number of carbonyl (C=O) groups is 5. The predicted octanol–water partition coefficient (Wildman–Crippen LogP) is 5.07. The summed E-state index contributed by atoms with van der Waals surface area (Å²) in [5.41, 5.74) is -1.09. The van der Waals surface area contributed by atoms with Crippen molar-refractivity contribution < 1.29 is 52.8 Å². The van der Waals surface area contributed by atoms with Crippen molar-refractivity contribution in [2.75, 3.05) is 7.11 Å². The molecule has 12 heteroatoms. The average Bonchev–Trinajstić information content (AvgIpc) is 3.32. The summed E-state index contributed by atoms with van der Waals surface area (Å²) in [6, 6.07) is 0. The second kappa shape index (κ2) is 13.4. The molecule has 1 aliphatic carbocycles. The van der Waals surface area contributed by atoms with Gasteiger partial charge in [-0.25, -0.2) is 0 Å². The first-order valence-electron chi connectivity index (χ1n) is 16.7. The number of Topliss-reactive ketones (excluding diaryl/α,β-unsaturated/α-hetero) is 3. The number of hydrogen-bond acceptors (Lipinski definition) is 11. The number of aromatic hydroxyl groups is 1. The summed E-state index contributed by atoms with van der Waals surface area (Å²) in [6.45, 7) is 15.4. The van der Waals surface area contributed by atoms with Gasteiger partial charge >= 0.3 is 5.79 Å². The minimum absolute atomic E-state index is 0.0491. The Labute approximate surface area is 291 Å². The standard InChI is InChI=1S/C38H45NO11/c1-17-12-11-13-18(2)36(45)39-23-16-24(40)26-27(31(23)43)30(42)21(5)34-28(26)35(44)38(9,50-34)47-15-14-25(46-10)19(3)32-22(6)33(20(4)29(17)41)49-37(7,8)48-32/h11-17,19-20,22,25,32-33,42H,1-10H3,(H,39,45)/b12-11-,15-14+,18-13-. The summed E-state index contributed by atoms with van der Waals surface area (Å²) in [5.74, 6) is -8.30. The largest absolute Gasteiger partial charge is 0.507 e. The van der Waals surface area contributed by atoms with Gasteiger partial charge < -0.3 is 34.1 Å². The molecule has 8 unspecified atom stereocenters. The molecule has 1 fully saturated rings. The molecule has 0 spiro atoms. The fourth-order valence-electron chi connectivity index (χ4n) is 7.16. The van der Waals surface area contributed by atoms with Gasteiger partial charge in [-0.3, -0.25) is 24.0 Å². The van der Waals surface area contributed by atoms with Gasteiger partial charge in [0.1, 0.15) is 17.3 Å². The molecule has 8 atom stereocenters. The Balaban J connectivity index is 1.60. The van der Waals surface area contributed by atoms with Gasteiger partial charge in [-0.05, 0) is 33.8 Å². The Morgan fingerprint density at radius 3 is 2.20 bits per heavy atom. The quantitative estimate of drug-likeness (QED) is 0.404. The van der Waals surface area contributed by atoms with Gasteiger partial charge in [-0.2, -0.15) is 0 Å². The van der Waals surface area contributed by atoms with E-state index >= 15 is 0 Å². The van der Waals surface area contributed by atoms with Crippen molar-refractivity contribution in [2.24, 2.45) is 23.7 Å². The van der Waals surface area contributed by atoms with E-state index in [-0.39, 0.29) is 51.3 Å². The van der Waals surface area contributed by atoms with Gasteiger partial charge in [0.15, 0.2) is 11.6 Å². The zero-order valence-electron chi connectivity index (χ0n) is 30.0. The minimum Gasteiger partial charge on any atom is -0.507 e. The molecule has 0 aromatic heterocycles. The number of carbonyl (C=O) groups excluding carboxylic acids is 5. The SMILES string of the molecule is COC1/C=C/OC2(C)Oc3c(C)c(O)c4c(c3C2=O)C(=O)C=C(NC(=O)/C(C)=C\C=C/C(C)C(=O)C(C)C2OC(C)(C)OC(C1C)C2C)C4=O. The van der Waals surface area contributed by atoms with Crippen LogP contribution in [0.3, 0.4) is 0 Å². The van der Waals surface area contributed by atoms with Crippen LogP contribution in [0.1, 0.15) is 92.0 Å². The van der Waals surface area contributed by atoms with Gasteiger partial charge in [0, 0.05) is 54.9 Å². The Hall–Kier alpha value is -4.39. The van der Waals surface area contributed by atoms with Crippen molar-refractivity contribution in [2.45, 2.75) is 92.2 Å². The molecule has 12 nitrogen and oxygen atoms in total. The van der Waals surface area contributed by atoms with Gasteiger partial charge in [0.05, 0.1) is 47.0 Å². The number of ether oxygens (including phenoxy) is 5. The fraction of sp³-hybridized carbons (Fsp3) is 0.500. The summed E-state index contributed by atoms with van der Waals surface area (Å²) < 4.78 is 30.4. The van der Waals surface area contributed by atoms with Crippen molar-refractivity contribution in [1.82, 2.24) is 5.32 Å². The number of hydrogen-bond donors (Lipinski definition) is 2. The van der Waals surface area contributed by atoms with Crippen molar-refractivity contribution in [3.63, 3.8) is 0 Å². The first kappa shape index (κ1) is 36.9. The first-order valence-corrected chi connectivity index (χ1v) is 16.7. The van der Waals surface area contributed by atoms with Gasteiger partial charge in [0.25, 0.3) is 11.7 Å². The summed E-state index contributed by atoms with van der Waals surface area (Å²) in [7, 11) is 1.53. The van der Waals surface area contributed by atoms with Crippen LogP contribution in [0.15, 0.2) is 47.9 Å². The van der Waals surface area contributed by atoms with Crippen molar-refractivity contribution >= 4 is 29.0 Å². The molecule has 0 radical (unpaired) electrons. The minimum atomic E-state index is -1.96. The van der Waals surface area contributed by atoms with Gasteiger partial charge in [-0.1, -0.05) is 45.9 Å². The molecule has 1 aromatic carbocycles. The van der Waals surface area contributed by atoms with Crippen LogP contribution in [-0.2, 0) is 28.5 Å². The summed E-state index contributed by atoms with van der Waals surface area (Å²) in [6.07, 6.45) is 7.07. The zero-order chi connectivity index (χ0) is 37.0. The van der Waals surface area contributed by atoms with Crippen LogP contribution in [-0.4, -0.2) is 71.1 Å². The summed E-state index contributed by atoms with van der Waals surface area (Å²) in [5, 5.41) is 13.6. The molecule has 0 saturated carbocycles. The fourth-order valence-corrected chi connectivity index (χ4v) is 7.16. The molecular formula is C38H45NO11. The molecule has 4 aliphatic heterocycles. The summed E-state index contributed by atoms with van der Waals surface area (Å²) >= 11 is 0. The topological polar surface area (TPSA) is 164 Å². The van der Waals surface area contributed by atoms with Crippen LogP contribution in [0.2, 0.25) is 0 Å². The maximum atomic E-state index is 13.9. The number of allylic oxidation sites excluding steroid dienone is 5. The lowest BCUT2D eigenvalue weighted by Crippen LogP contribution is -2.56. The zero-order valence-corrected chi connectivity index (χ0v) is 30.0. The molecule has 1 aromatic rings. The van der Waals surface area contributed by atoms with Crippen LogP contribution in [0, 0.1) is 30.6 Å². The van der Waals surface area contributed by atoms with Gasteiger partial charge in [0.2, 0.25) is 5.78 Å². The van der Waals surface area contributed by atoms with Gasteiger partial charge in [-0.15, -0.1) is 0 Å². The van der Waals surface area contributed by atoms with E-state index < -0.39 is 76.3 Å². The maximum absolute atomic E-state index is 13.9. The van der Waals surface area contributed by atoms with E-state index in [0.717, 1.165) is 6.08 Å². The molecule has 2 N–H and O–H groups in total. The molecule has 6 rings (SSSR count). The van der Waals surface area contributed by atoms with E-state index in [1.54, 1.807) is 39.0 Å². The molecule has 1 amide bonds. The number of benzene rings is 1. The third-order valence-electron chi connectivity index (χ3n) is 10.1. The van der Waals surface area contributed by atoms with E-state index in [4.69, 9.17) is 23.7 Å². The second-order valence-electron chi connectivity index (χ2n) is 14.2. The van der Waals surface area contributed by atoms with Crippen molar-refractivity contribution in [1.29, 1.82) is 0 Å². The van der Waals surface area contributed by atoms with E-state index in [2.05, 4.69) is 5.32 Å². The molecule has 1 saturated heterocycles. The predicted molar refractivity (Wildman–Crippen MR) is 181 cm³/mol. The smallest absolute Gasteiger partial charge is 0.312 e. The third kappa shape index (κ3) is 6.36. The highest BCUT2D eigenvalue weighted by Gasteiger charge is 2.52. The highest BCUT2D eigenvalue weighted by atomic mass is 16.7. The lowest BCUT2D eigenvalue weighted by molar-refractivity contribution is -0.335. The van der Waals surface area contributed by atoms with Crippen LogP contribution in [0.4, 0.5) is 0 Å². The molecule has 7 bridgehead atoms. The molecule has 50 heavy (non-hydrogen) atoms. The molecule has 268 valence electrons. The number of methoxy groups -OCH3 is 1. The number of nitrogens with one attached hydrogen (secondary N) is 1. The van der Waals surface area contributed by atoms with Crippen molar-refractivity contribution in [3.8, 4) is 11.5 Å². The lowest BCUT2D eigenvalue weighted by Gasteiger charge is -2.49. The highest BCUT2D eigenvalue weighted by Crippen LogP contribution is 2.48. The Morgan fingerprint density at radius 1 is 0.880 bits per heavy atom. The van der Waals surface area contributed by atoms with Crippen molar-refractivity contribution in [3.05, 3.63) is 70.2 Å². The molecule has 5 aliphatic rings. The van der Waals surface area contributed by atoms with E-state index in [1.807, 2.05) is 20.8 Å². The number of ketones is 4. The van der Waals surface area contributed by atoms with E-state index in [0.29, 0.717) is 0 Å². The normalized spacial score (nSPS) is 35.3. The van der Waals surface area contributed by atoms with Crippen LogP contribution < -0.4 is 10.1 Å². The molecule has 4 heterocycles. The number of rotatable bonds is 1. The average molecular weight is 692 g/mol. The van der Waals surface area contributed by atoms with E-state index in [9.17, 15) is 29.1 Å². The number of phenols is 1. The van der Waals surface area contributed by atoms with E-state index in [1.165, 1.54) is 40.2 Å². The van der Waals surface area contributed by atoms with Crippen LogP contribution >= 0.6 is 0 Å². The number of phenolic OH excluding ortho intramolecular Hbond substituents is 1. The monoisotopic (exact) mass is 691 g/mol. The summed E-state index contributed by atoms with van der Waals surface area (Å²) in [4.78, 5) is 67.8. The Bertz CT molecular complexity index is 1780. The van der Waals surface area contributed by atoms with Crippen LogP contribution in [0.5, 0.6) is 11.5 Å². The van der Waals surface area contributed by atoms with Crippen LogP contribution in [0.25, 0.3) is 0 Å². The Morgan fingerprint density at radius 2 is 1.54 bits per heavy atom. The third-order valence-corrected chi connectivity index (χ3v) is 10.1. The molecular weight excluding hydrogens is 646 g/mol. The highest BCUT2D eigenvalue weighted by molar-refractivity contribution is 6.30. The second-order valence-corrected chi connectivity index (χ2v) is 14.2. The Kier molecular flexibility index (Phi) is 9.87. The first-order chi connectivity index (χ1) is 23.3. The number of amides is 1.